The lowest BCUT2D eigenvalue weighted by Gasteiger charge is -2.22. The molecule has 0 unspecified atom stereocenters. The molecule has 1 aromatic rings. The molecular formula is C11H18N4. The predicted octanol–water partition coefficient (Wildman–Crippen LogP) is 1.20. The number of hydrogen-bond donors (Lipinski definition) is 0. The summed E-state index contributed by atoms with van der Waals surface area (Å²) in [5.41, 5.74) is 1.22. The molecule has 82 valence electrons. The van der Waals surface area contributed by atoms with E-state index in [4.69, 9.17) is 5.26 Å². The second-order valence-electron chi connectivity index (χ2n) is 3.99. The van der Waals surface area contributed by atoms with Crippen molar-refractivity contribution < 1.29 is 0 Å². The predicted molar refractivity (Wildman–Crippen MR) is 59.2 cm³/mol. The van der Waals surface area contributed by atoms with Crippen LogP contribution in [0.1, 0.15) is 19.4 Å². The Balaban J connectivity index is 2.44. The van der Waals surface area contributed by atoms with Gasteiger partial charge in [-0.2, -0.15) is 10.4 Å². The van der Waals surface area contributed by atoms with Crippen LogP contribution in [0.15, 0.2) is 12.4 Å². The molecule has 1 heterocycles. The Hall–Kier alpha value is -1.34. The zero-order valence-electron chi connectivity index (χ0n) is 9.64. The maximum atomic E-state index is 8.68. The summed E-state index contributed by atoms with van der Waals surface area (Å²) in [5, 5.41) is 12.8. The first-order chi connectivity index (χ1) is 7.13. The van der Waals surface area contributed by atoms with Gasteiger partial charge in [0.05, 0.1) is 18.8 Å². The molecule has 0 aliphatic rings. The standard InChI is InChI=1S/C11H18N4/c1-10(2)15(7-5-12)6-4-11-8-13-14(3)9-11/h8-10H,4,6-7H2,1-3H3. The van der Waals surface area contributed by atoms with Gasteiger partial charge < -0.3 is 0 Å². The van der Waals surface area contributed by atoms with E-state index in [-0.39, 0.29) is 0 Å². The first-order valence-electron chi connectivity index (χ1n) is 5.22. The van der Waals surface area contributed by atoms with Crippen molar-refractivity contribution in [2.24, 2.45) is 7.05 Å². The molecule has 0 aliphatic heterocycles. The quantitative estimate of drug-likeness (QED) is 0.680. The van der Waals surface area contributed by atoms with E-state index in [0.29, 0.717) is 12.6 Å². The topological polar surface area (TPSA) is 44.9 Å². The molecule has 15 heavy (non-hydrogen) atoms. The maximum absolute atomic E-state index is 8.68. The van der Waals surface area contributed by atoms with Crippen LogP contribution in [0.3, 0.4) is 0 Å². The van der Waals surface area contributed by atoms with Gasteiger partial charge in [-0.25, -0.2) is 0 Å². The molecule has 1 aromatic heterocycles. The zero-order valence-corrected chi connectivity index (χ0v) is 9.64. The molecule has 0 aliphatic carbocycles. The van der Waals surface area contributed by atoms with Crippen LogP contribution in [0.25, 0.3) is 0 Å². The lowest BCUT2D eigenvalue weighted by molar-refractivity contribution is 0.252. The van der Waals surface area contributed by atoms with Gasteiger partial charge >= 0.3 is 0 Å². The van der Waals surface area contributed by atoms with Crippen molar-refractivity contribution in [2.75, 3.05) is 13.1 Å². The van der Waals surface area contributed by atoms with Crippen LogP contribution in [0, 0.1) is 11.3 Å². The zero-order chi connectivity index (χ0) is 11.3. The van der Waals surface area contributed by atoms with Crippen molar-refractivity contribution in [3.63, 3.8) is 0 Å². The highest BCUT2D eigenvalue weighted by Gasteiger charge is 2.08. The van der Waals surface area contributed by atoms with Gasteiger partial charge in [0.2, 0.25) is 0 Å². The van der Waals surface area contributed by atoms with Crippen molar-refractivity contribution in [3.8, 4) is 6.07 Å². The Labute approximate surface area is 91.1 Å². The largest absolute Gasteiger partial charge is 0.288 e. The van der Waals surface area contributed by atoms with Gasteiger partial charge in [-0.1, -0.05) is 0 Å². The third-order valence-electron chi connectivity index (χ3n) is 2.45. The minimum atomic E-state index is 0.418. The van der Waals surface area contributed by atoms with E-state index in [1.807, 2.05) is 19.4 Å². The minimum Gasteiger partial charge on any atom is -0.288 e. The van der Waals surface area contributed by atoms with E-state index in [1.54, 1.807) is 4.68 Å². The SMILES string of the molecule is CC(C)N(CC#N)CCc1cnn(C)c1. The van der Waals surface area contributed by atoms with Crippen molar-refractivity contribution >= 4 is 0 Å². The van der Waals surface area contributed by atoms with Crippen LogP contribution < -0.4 is 0 Å². The number of aryl methyl sites for hydroxylation is 1. The van der Waals surface area contributed by atoms with Crippen LogP contribution in [-0.2, 0) is 13.5 Å². The Morgan fingerprint density at radius 1 is 1.60 bits per heavy atom. The van der Waals surface area contributed by atoms with Gasteiger partial charge in [-0.3, -0.25) is 9.58 Å². The molecule has 0 radical (unpaired) electrons. The number of hydrogen-bond acceptors (Lipinski definition) is 3. The molecule has 0 saturated heterocycles. The second-order valence-corrected chi connectivity index (χ2v) is 3.99. The van der Waals surface area contributed by atoms with Crippen molar-refractivity contribution in [3.05, 3.63) is 18.0 Å². The van der Waals surface area contributed by atoms with Gasteiger partial charge in [-0.05, 0) is 25.8 Å². The lowest BCUT2D eigenvalue weighted by Crippen LogP contribution is -2.33. The Bertz CT molecular complexity index is 335. The van der Waals surface area contributed by atoms with Crippen LogP contribution in [-0.4, -0.2) is 33.8 Å². The molecule has 0 amide bonds. The first kappa shape index (κ1) is 11.7. The summed E-state index contributed by atoms with van der Waals surface area (Å²) >= 11 is 0. The normalized spacial score (nSPS) is 10.9. The third-order valence-corrected chi connectivity index (χ3v) is 2.45. The van der Waals surface area contributed by atoms with Crippen LogP contribution in [0.4, 0.5) is 0 Å². The highest BCUT2D eigenvalue weighted by Crippen LogP contribution is 2.03. The molecule has 4 heteroatoms. The van der Waals surface area contributed by atoms with Gasteiger partial charge in [-0.15, -0.1) is 0 Å². The van der Waals surface area contributed by atoms with Crippen LogP contribution in [0.5, 0.6) is 0 Å². The van der Waals surface area contributed by atoms with E-state index < -0.39 is 0 Å². The maximum Gasteiger partial charge on any atom is 0.0868 e. The summed E-state index contributed by atoms with van der Waals surface area (Å²) in [7, 11) is 1.92. The number of aromatic nitrogens is 2. The van der Waals surface area contributed by atoms with Crippen LogP contribution >= 0.6 is 0 Å². The van der Waals surface area contributed by atoms with Gasteiger partial charge in [0.1, 0.15) is 0 Å². The summed E-state index contributed by atoms with van der Waals surface area (Å²) < 4.78 is 1.80. The van der Waals surface area contributed by atoms with Gasteiger partial charge in [0, 0.05) is 25.8 Å². The minimum absolute atomic E-state index is 0.418. The molecule has 1 rings (SSSR count). The fourth-order valence-electron chi connectivity index (χ4n) is 1.48. The Morgan fingerprint density at radius 2 is 2.33 bits per heavy atom. The molecule has 0 saturated carbocycles. The third kappa shape index (κ3) is 3.72. The smallest absolute Gasteiger partial charge is 0.0868 e. The fourth-order valence-corrected chi connectivity index (χ4v) is 1.48. The van der Waals surface area contributed by atoms with E-state index >= 15 is 0 Å². The monoisotopic (exact) mass is 206 g/mol. The second kappa shape index (κ2) is 5.52. The molecule has 0 spiro atoms. The average Bonchev–Trinajstić information content (AvgIpc) is 2.58. The molecule has 0 aromatic carbocycles. The average molecular weight is 206 g/mol. The van der Waals surface area contributed by atoms with E-state index in [2.05, 4.69) is 29.9 Å². The van der Waals surface area contributed by atoms with Crippen LogP contribution in [0.2, 0.25) is 0 Å². The molecule has 0 atom stereocenters. The Kier molecular flexibility index (Phi) is 4.32. The number of rotatable bonds is 5. The number of nitriles is 1. The fraction of sp³-hybridized carbons (Fsp3) is 0.636. The van der Waals surface area contributed by atoms with Crippen molar-refractivity contribution in [1.82, 2.24) is 14.7 Å². The summed E-state index contributed by atoms with van der Waals surface area (Å²) in [6.45, 7) is 5.63. The van der Waals surface area contributed by atoms with Gasteiger partial charge in [0.15, 0.2) is 0 Å². The molecule has 0 bridgehead atoms. The van der Waals surface area contributed by atoms with E-state index in [0.717, 1.165) is 13.0 Å². The molecule has 4 nitrogen and oxygen atoms in total. The first-order valence-corrected chi connectivity index (χ1v) is 5.22. The highest BCUT2D eigenvalue weighted by atomic mass is 15.2. The van der Waals surface area contributed by atoms with E-state index in [1.165, 1.54) is 5.56 Å². The summed E-state index contributed by atoms with van der Waals surface area (Å²) in [5.74, 6) is 0. The van der Waals surface area contributed by atoms with Crippen molar-refractivity contribution in [2.45, 2.75) is 26.3 Å². The highest BCUT2D eigenvalue weighted by molar-refractivity contribution is 5.04. The van der Waals surface area contributed by atoms with Crippen molar-refractivity contribution in [1.29, 1.82) is 5.26 Å². The van der Waals surface area contributed by atoms with Gasteiger partial charge in [0.25, 0.3) is 0 Å². The number of nitrogens with zero attached hydrogens (tertiary/aromatic N) is 4. The Morgan fingerprint density at radius 3 is 2.80 bits per heavy atom. The van der Waals surface area contributed by atoms with E-state index in [9.17, 15) is 0 Å². The summed E-state index contributed by atoms with van der Waals surface area (Å²) in [6, 6.07) is 2.61. The molecule has 0 fully saturated rings. The molecule has 0 N–H and O–H groups in total. The molecular weight excluding hydrogens is 188 g/mol. The lowest BCUT2D eigenvalue weighted by atomic mass is 10.2. The summed E-state index contributed by atoms with van der Waals surface area (Å²) in [6.07, 6.45) is 4.85. The summed E-state index contributed by atoms with van der Waals surface area (Å²) in [4.78, 5) is 2.16.